The zero-order valence-electron chi connectivity index (χ0n) is 23.7. The van der Waals surface area contributed by atoms with Gasteiger partial charge in [-0.25, -0.2) is 0 Å². The minimum atomic E-state index is -0.910. The van der Waals surface area contributed by atoms with Crippen LogP contribution in [0.15, 0.2) is 84.9 Å². The molecular weight excluding hydrogens is 498 g/mol. The van der Waals surface area contributed by atoms with Crippen molar-refractivity contribution in [2.24, 2.45) is 0 Å². The number of aryl methyl sites for hydroxylation is 1. The third-order valence-electron chi connectivity index (χ3n) is 7.22. The van der Waals surface area contributed by atoms with E-state index in [9.17, 15) is 9.90 Å². The van der Waals surface area contributed by atoms with Gasteiger partial charge in [0.1, 0.15) is 24.7 Å². The Bertz CT molecular complexity index is 1430. The minimum Gasteiger partial charge on any atom is -0.488 e. The molecule has 0 radical (unpaired) electrons. The summed E-state index contributed by atoms with van der Waals surface area (Å²) in [6, 6.07) is 28.3. The molecule has 1 aliphatic rings. The maximum atomic E-state index is 13.0. The number of aliphatic hydroxyl groups is 1. The molecule has 40 heavy (non-hydrogen) atoms. The Morgan fingerprint density at radius 3 is 1.85 bits per heavy atom. The van der Waals surface area contributed by atoms with Crippen molar-refractivity contribution in [3.63, 3.8) is 0 Å². The highest BCUT2D eigenvalue weighted by Crippen LogP contribution is 2.47. The zero-order valence-corrected chi connectivity index (χ0v) is 23.7. The molecule has 0 aromatic heterocycles. The third-order valence-corrected chi connectivity index (χ3v) is 7.22. The van der Waals surface area contributed by atoms with Crippen molar-refractivity contribution in [3.8, 4) is 22.6 Å². The van der Waals surface area contributed by atoms with Crippen LogP contribution in [-0.4, -0.2) is 23.2 Å². The Morgan fingerprint density at radius 1 is 0.800 bits per heavy atom. The Morgan fingerprint density at radius 2 is 1.35 bits per heavy atom. The Hall–Kier alpha value is -4.09. The monoisotopic (exact) mass is 535 g/mol. The van der Waals surface area contributed by atoms with Crippen LogP contribution in [0.3, 0.4) is 0 Å². The van der Waals surface area contributed by atoms with E-state index in [0.29, 0.717) is 44.1 Å². The lowest BCUT2D eigenvalue weighted by Crippen LogP contribution is -2.25. The van der Waals surface area contributed by atoms with Gasteiger partial charge in [0, 0.05) is 18.7 Å². The van der Waals surface area contributed by atoms with E-state index in [1.165, 1.54) is 0 Å². The molecule has 0 fully saturated rings. The van der Waals surface area contributed by atoms with Crippen LogP contribution in [-0.2, 0) is 30.8 Å². The van der Waals surface area contributed by atoms with Crippen LogP contribution >= 0.6 is 0 Å². The summed E-state index contributed by atoms with van der Waals surface area (Å²) in [5, 5.41) is 10.7. The van der Waals surface area contributed by atoms with Crippen molar-refractivity contribution in [3.05, 3.63) is 113 Å². The number of rotatable bonds is 10. The molecule has 5 heteroatoms. The van der Waals surface area contributed by atoms with Gasteiger partial charge in [-0.2, -0.15) is 0 Å². The molecule has 0 saturated heterocycles. The molecule has 0 saturated carbocycles. The highest BCUT2D eigenvalue weighted by atomic mass is 16.5. The van der Waals surface area contributed by atoms with Crippen molar-refractivity contribution in [2.45, 2.75) is 59.4 Å². The van der Waals surface area contributed by atoms with E-state index in [-0.39, 0.29) is 5.91 Å². The topological polar surface area (TPSA) is 59.0 Å². The Balaban J connectivity index is 1.69. The summed E-state index contributed by atoms with van der Waals surface area (Å²) in [5.41, 5.74) is 6.91. The van der Waals surface area contributed by atoms with Crippen LogP contribution in [0.5, 0.6) is 11.5 Å². The van der Waals surface area contributed by atoms with Crippen molar-refractivity contribution >= 4 is 11.6 Å². The maximum absolute atomic E-state index is 13.0. The second-order valence-corrected chi connectivity index (χ2v) is 11.1. The molecule has 0 aliphatic carbocycles. The average Bonchev–Trinajstić information content (AvgIpc) is 3.26. The molecule has 1 N–H and O–H groups in total. The quantitative estimate of drug-likeness (QED) is 0.237. The van der Waals surface area contributed by atoms with Gasteiger partial charge in [-0.1, -0.05) is 66.7 Å². The van der Waals surface area contributed by atoms with E-state index in [2.05, 4.69) is 13.0 Å². The number of anilines is 1. The van der Waals surface area contributed by atoms with E-state index < -0.39 is 5.60 Å². The van der Waals surface area contributed by atoms with Crippen LogP contribution in [0, 0.1) is 6.92 Å². The van der Waals surface area contributed by atoms with Gasteiger partial charge in [-0.15, -0.1) is 0 Å². The summed E-state index contributed by atoms with van der Waals surface area (Å²) in [4.78, 5) is 14.8. The normalized spacial score (nSPS) is 12.9. The zero-order chi connectivity index (χ0) is 28.3. The summed E-state index contributed by atoms with van der Waals surface area (Å²) < 4.78 is 13.1. The van der Waals surface area contributed by atoms with Crippen LogP contribution in [0.1, 0.15) is 48.6 Å². The number of ether oxygens (including phenoxy) is 2. The van der Waals surface area contributed by atoms with Gasteiger partial charge in [-0.3, -0.25) is 4.79 Å². The molecule has 5 rings (SSSR count). The minimum absolute atomic E-state index is 0.0986. The number of likely N-dealkylation sites (N-methyl/N-ethyl adjacent to an activating group) is 1. The molecule has 4 aromatic carbocycles. The summed E-state index contributed by atoms with van der Waals surface area (Å²) >= 11 is 0. The van der Waals surface area contributed by atoms with Crippen LogP contribution in [0.4, 0.5) is 5.69 Å². The van der Waals surface area contributed by atoms with Crippen molar-refractivity contribution in [1.82, 2.24) is 0 Å². The molecule has 0 spiro atoms. The largest absolute Gasteiger partial charge is 0.488 e. The molecule has 1 heterocycles. The summed E-state index contributed by atoms with van der Waals surface area (Å²) in [5.74, 6) is 1.45. The first kappa shape index (κ1) is 27.5. The molecule has 4 aromatic rings. The predicted octanol–water partition coefficient (Wildman–Crippen LogP) is 7.04. The highest BCUT2D eigenvalue weighted by Gasteiger charge is 2.32. The Kier molecular flexibility index (Phi) is 7.95. The summed E-state index contributed by atoms with van der Waals surface area (Å²) in [7, 11) is 0. The van der Waals surface area contributed by atoms with Gasteiger partial charge >= 0.3 is 0 Å². The predicted molar refractivity (Wildman–Crippen MR) is 160 cm³/mol. The fraction of sp³-hybridized carbons (Fsp3) is 0.286. The number of carbonyl (C=O) groups excluding carboxylic acids is 1. The number of hydrogen-bond acceptors (Lipinski definition) is 4. The van der Waals surface area contributed by atoms with Gasteiger partial charge in [0.05, 0.1) is 17.6 Å². The van der Waals surface area contributed by atoms with Crippen molar-refractivity contribution in [1.29, 1.82) is 0 Å². The van der Waals surface area contributed by atoms with Gasteiger partial charge < -0.3 is 19.5 Å². The van der Waals surface area contributed by atoms with Crippen LogP contribution < -0.4 is 14.4 Å². The number of nitrogens with zero attached hydrogens (tertiary/aromatic N) is 1. The second kappa shape index (κ2) is 11.6. The second-order valence-electron chi connectivity index (χ2n) is 11.1. The SMILES string of the molecule is CCN1C(=O)Cc2c1ccc(C)c2-c1c(OCc2ccccc2)cc(CC(C)(C)O)cc1OCc1ccccc1. The molecule has 0 atom stereocenters. The lowest BCUT2D eigenvalue weighted by atomic mass is 9.89. The lowest BCUT2D eigenvalue weighted by Gasteiger charge is -2.24. The molecule has 1 aliphatic heterocycles. The number of fused-ring (bicyclic) bond motifs is 1. The van der Waals surface area contributed by atoms with Gasteiger partial charge in [0.15, 0.2) is 0 Å². The number of benzene rings is 4. The molecule has 5 nitrogen and oxygen atoms in total. The van der Waals surface area contributed by atoms with Crippen LogP contribution in [0.2, 0.25) is 0 Å². The first-order valence-electron chi connectivity index (χ1n) is 13.9. The van der Waals surface area contributed by atoms with Gasteiger partial charge in [-0.05, 0) is 79.3 Å². The first-order valence-corrected chi connectivity index (χ1v) is 13.9. The van der Waals surface area contributed by atoms with E-state index in [1.54, 1.807) is 13.8 Å². The average molecular weight is 536 g/mol. The highest BCUT2D eigenvalue weighted by molar-refractivity contribution is 6.05. The van der Waals surface area contributed by atoms with Crippen LogP contribution in [0.25, 0.3) is 11.1 Å². The summed E-state index contributed by atoms with van der Waals surface area (Å²) in [6.45, 7) is 9.05. The smallest absolute Gasteiger partial charge is 0.231 e. The van der Waals surface area contributed by atoms with Crippen molar-refractivity contribution in [2.75, 3.05) is 11.4 Å². The standard InChI is InChI=1S/C35H37NO4/c1-5-36-29-17-16-24(2)33(28(29)20-32(36)37)34-30(39-22-25-12-8-6-9-13-25)18-27(21-35(3,4)38)19-31(34)40-23-26-14-10-7-11-15-26/h6-19,38H,5,20-23H2,1-4H3. The van der Waals surface area contributed by atoms with E-state index >= 15 is 0 Å². The fourth-order valence-corrected chi connectivity index (χ4v) is 5.45. The third kappa shape index (κ3) is 6.05. The Labute approximate surface area is 237 Å². The lowest BCUT2D eigenvalue weighted by molar-refractivity contribution is -0.117. The molecule has 206 valence electrons. The number of carbonyl (C=O) groups is 1. The number of hydrogen-bond donors (Lipinski definition) is 1. The maximum Gasteiger partial charge on any atom is 0.231 e. The van der Waals surface area contributed by atoms with Gasteiger partial charge in [0.25, 0.3) is 0 Å². The van der Waals surface area contributed by atoms with E-state index in [4.69, 9.17) is 9.47 Å². The molecule has 1 amide bonds. The first-order chi connectivity index (χ1) is 19.2. The van der Waals surface area contributed by atoms with Gasteiger partial charge in [0.2, 0.25) is 5.91 Å². The number of amides is 1. The molecular formula is C35H37NO4. The van der Waals surface area contributed by atoms with Crippen molar-refractivity contribution < 1.29 is 19.4 Å². The summed E-state index contributed by atoms with van der Waals surface area (Å²) in [6.07, 6.45) is 0.770. The van der Waals surface area contributed by atoms with E-state index in [0.717, 1.165) is 44.6 Å². The molecule has 0 bridgehead atoms. The molecule has 0 unspecified atom stereocenters. The fourth-order valence-electron chi connectivity index (χ4n) is 5.45. The van der Waals surface area contributed by atoms with E-state index in [1.807, 2.05) is 90.7 Å².